The fraction of sp³-hybridized carbons (Fsp3) is 0.500. The van der Waals surface area contributed by atoms with E-state index in [1.165, 1.54) is 11.1 Å². The molecule has 0 bridgehead atoms. The first kappa shape index (κ1) is 13.1. The molecule has 18 heavy (non-hydrogen) atoms. The topological polar surface area (TPSA) is 61.4 Å². The fourth-order valence-electron chi connectivity index (χ4n) is 2.27. The zero-order chi connectivity index (χ0) is 13.1. The molecule has 1 aliphatic heterocycles. The van der Waals surface area contributed by atoms with Crippen LogP contribution in [0.4, 0.5) is 0 Å². The second-order valence-corrected chi connectivity index (χ2v) is 5.00. The highest BCUT2D eigenvalue weighted by atomic mass is 16.3. The van der Waals surface area contributed by atoms with E-state index < -0.39 is 6.10 Å². The quantitative estimate of drug-likeness (QED) is 0.736. The summed E-state index contributed by atoms with van der Waals surface area (Å²) in [6.07, 6.45) is 0.0977. The van der Waals surface area contributed by atoms with E-state index in [0.29, 0.717) is 19.5 Å². The second-order valence-electron chi connectivity index (χ2n) is 5.00. The summed E-state index contributed by atoms with van der Waals surface area (Å²) in [5, 5.41) is 15.3. The Balaban J connectivity index is 1.89. The van der Waals surface area contributed by atoms with E-state index in [4.69, 9.17) is 0 Å². The van der Waals surface area contributed by atoms with Crippen molar-refractivity contribution in [3.8, 4) is 0 Å². The van der Waals surface area contributed by atoms with E-state index in [1.54, 1.807) is 0 Å². The van der Waals surface area contributed by atoms with Crippen molar-refractivity contribution in [2.75, 3.05) is 6.54 Å². The lowest BCUT2D eigenvalue weighted by molar-refractivity contribution is -0.123. The molecule has 4 heteroatoms. The third-order valence-electron chi connectivity index (χ3n) is 3.38. The number of hydrogen-bond acceptors (Lipinski definition) is 3. The molecule has 1 aliphatic rings. The number of amides is 1. The highest BCUT2D eigenvalue weighted by molar-refractivity contribution is 5.82. The van der Waals surface area contributed by atoms with Gasteiger partial charge in [-0.2, -0.15) is 0 Å². The standard InChI is InChI=1S/C14H20N2O2/c1-9-3-4-11(10(2)5-9)7-16-14(18)13-6-12(17)8-15-13/h3-5,12-13,15,17H,6-8H2,1-2H3,(H,16,18). The molecule has 4 nitrogen and oxygen atoms in total. The van der Waals surface area contributed by atoms with Crippen LogP contribution in [-0.2, 0) is 11.3 Å². The van der Waals surface area contributed by atoms with Gasteiger partial charge in [0.25, 0.3) is 0 Å². The van der Waals surface area contributed by atoms with Crippen LogP contribution < -0.4 is 10.6 Å². The summed E-state index contributed by atoms with van der Waals surface area (Å²) in [5.74, 6) is -0.0356. The molecule has 2 unspecified atom stereocenters. The Labute approximate surface area is 107 Å². The highest BCUT2D eigenvalue weighted by Crippen LogP contribution is 2.11. The third kappa shape index (κ3) is 3.09. The molecule has 0 radical (unpaired) electrons. The van der Waals surface area contributed by atoms with Crippen LogP contribution in [0.3, 0.4) is 0 Å². The Kier molecular flexibility index (Phi) is 3.99. The lowest BCUT2D eigenvalue weighted by atomic mass is 10.1. The molecule has 1 aromatic rings. The van der Waals surface area contributed by atoms with Gasteiger partial charge in [-0.3, -0.25) is 4.79 Å². The largest absolute Gasteiger partial charge is 0.392 e. The number of carbonyl (C=O) groups is 1. The van der Waals surface area contributed by atoms with E-state index >= 15 is 0 Å². The zero-order valence-corrected chi connectivity index (χ0v) is 10.9. The summed E-state index contributed by atoms with van der Waals surface area (Å²) < 4.78 is 0. The third-order valence-corrected chi connectivity index (χ3v) is 3.38. The summed E-state index contributed by atoms with van der Waals surface area (Å²) in [6, 6.07) is 5.94. The number of β-amino-alcohol motifs (C(OH)–C–C–N with tert-alkyl or cyclic N) is 1. The monoisotopic (exact) mass is 248 g/mol. The molecule has 0 saturated carbocycles. The number of aliphatic hydroxyl groups excluding tert-OH is 1. The second kappa shape index (κ2) is 5.50. The number of hydrogen-bond donors (Lipinski definition) is 3. The average molecular weight is 248 g/mol. The number of aliphatic hydroxyl groups is 1. The number of rotatable bonds is 3. The molecule has 3 N–H and O–H groups in total. The van der Waals surface area contributed by atoms with Crippen molar-refractivity contribution in [1.29, 1.82) is 0 Å². The normalized spacial score (nSPS) is 23.1. The zero-order valence-electron chi connectivity index (χ0n) is 10.9. The minimum absolute atomic E-state index is 0.0356. The molecule has 1 amide bonds. The summed E-state index contributed by atoms with van der Waals surface area (Å²) in [7, 11) is 0. The minimum atomic E-state index is -0.401. The number of nitrogens with one attached hydrogen (secondary N) is 2. The van der Waals surface area contributed by atoms with Crippen LogP contribution in [0.5, 0.6) is 0 Å². The van der Waals surface area contributed by atoms with Crippen LogP contribution in [0, 0.1) is 13.8 Å². The molecule has 1 fully saturated rings. The van der Waals surface area contributed by atoms with Crippen LogP contribution in [0.15, 0.2) is 18.2 Å². The van der Waals surface area contributed by atoms with Gasteiger partial charge >= 0.3 is 0 Å². The Bertz CT molecular complexity index is 445. The number of aryl methyl sites for hydroxylation is 2. The maximum atomic E-state index is 11.9. The molecule has 0 aliphatic carbocycles. The van der Waals surface area contributed by atoms with Gasteiger partial charge in [0, 0.05) is 13.1 Å². The summed E-state index contributed by atoms with van der Waals surface area (Å²) in [5.41, 5.74) is 3.55. The van der Waals surface area contributed by atoms with Gasteiger partial charge in [0.1, 0.15) is 0 Å². The fourth-order valence-corrected chi connectivity index (χ4v) is 2.27. The van der Waals surface area contributed by atoms with E-state index in [9.17, 15) is 9.90 Å². The first-order chi connectivity index (χ1) is 8.56. The molecule has 0 aromatic heterocycles. The number of carbonyl (C=O) groups excluding carboxylic acids is 1. The van der Waals surface area contributed by atoms with Gasteiger partial charge in [0.05, 0.1) is 12.1 Å². The van der Waals surface area contributed by atoms with E-state index in [1.807, 2.05) is 19.1 Å². The number of benzene rings is 1. The van der Waals surface area contributed by atoms with Crippen LogP contribution in [-0.4, -0.2) is 29.7 Å². The summed E-state index contributed by atoms with van der Waals surface area (Å²) >= 11 is 0. The van der Waals surface area contributed by atoms with Gasteiger partial charge in [0.15, 0.2) is 0 Å². The molecule has 1 saturated heterocycles. The van der Waals surface area contributed by atoms with Crippen molar-refractivity contribution in [1.82, 2.24) is 10.6 Å². The summed E-state index contributed by atoms with van der Waals surface area (Å²) in [4.78, 5) is 11.9. The first-order valence-corrected chi connectivity index (χ1v) is 6.31. The maximum absolute atomic E-state index is 11.9. The summed E-state index contributed by atoms with van der Waals surface area (Å²) in [6.45, 7) is 5.14. The van der Waals surface area contributed by atoms with E-state index in [0.717, 1.165) is 5.56 Å². The Morgan fingerprint density at radius 3 is 2.89 bits per heavy atom. The molecule has 2 atom stereocenters. The van der Waals surface area contributed by atoms with E-state index in [2.05, 4.69) is 23.6 Å². The minimum Gasteiger partial charge on any atom is -0.392 e. The highest BCUT2D eigenvalue weighted by Gasteiger charge is 2.27. The van der Waals surface area contributed by atoms with Gasteiger partial charge < -0.3 is 15.7 Å². The SMILES string of the molecule is Cc1ccc(CNC(=O)C2CC(O)CN2)c(C)c1. The van der Waals surface area contributed by atoms with Crippen LogP contribution in [0.1, 0.15) is 23.1 Å². The van der Waals surface area contributed by atoms with Crippen molar-refractivity contribution < 1.29 is 9.90 Å². The van der Waals surface area contributed by atoms with Crippen molar-refractivity contribution in [2.24, 2.45) is 0 Å². The van der Waals surface area contributed by atoms with Crippen molar-refractivity contribution >= 4 is 5.91 Å². The van der Waals surface area contributed by atoms with E-state index in [-0.39, 0.29) is 11.9 Å². The van der Waals surface area contributed by atoms with Gasteiger partial charge in [-0.25, -0.2) is 0 Å². The van der Waals surface area contributed by atoms with Gasteiger partial charge in [-0.1, -0.05) is 23.8 Å². The van der Waals surface area contributed by atoms with Gasteiger partial charge in [-0.05, 0) is 31.4 Å². The van der Waals surface area contributed by atoms with Gasteiger partial charge in [0.2, 0.25) is 5.91 Å². The van der Waals surface area contributed by atoms with Gasteiger partial charge in [-0.15, -0.1) is 0 Å². The van der Waals surface area contributed by atoms with Crippen LogP contribution in [0.25, 0.3) is 0 Å². The van der Waals surface area contributed by atoms with Crippen molar-refractivity contribution in [3.05, 3.63) is 34.9 Å². The Hall–Kier alpha value is -1.39. The predicted molar refractivity (Wildman–Crippen MR) is 70.2 cm³/mol. The Morgan fingerprint density at radius 2 is 2.28 bits per heavy atom. The molecule has 1 aromatic carbocycles. The lowest BCUT2D eigenvalue weighted by Crippen LogP contribution is -2.40. The molecule has 98 valence electrons. The molecule has 0 spiro atoms. The van der Waals surface area contributed by atoms with Crippen LogP contribution in [0.2, 0.25) is 0 Å². The smallest absolute Gasteiger partial charge is 0.237 e. The van der Waals surface area contributed by atoms with Crippen molar-refractivity contribution in [2.45, 2.75) is 39.0 Å². The molecular weight excluding hydrogens is 228 g/mol. The van der Waals surface area contributed by atoms with Crippen molar-refractivity contribution in [3.63, 3.8) is 0 Å². The Morgan fingerprint density at radius 1 is 1.50 bits per heavy atom. The molecule has 1 heterocycles. The molecule has 2 rings (SSSR count). The molecular formula is C14H20N2O2. The van der Waals surface area contributed by atoms with Crippen LogP contribution >= 0.6 is 0 Å². The first-order valence-electron chi connectivity index (χ1n) is 6.31. The lowest BCUT2D eigenvalue weighted by Gasteiger charge is -2.12. The maximum Gasteiger partial charge on any atom is 0.237 e. The average Bonchev–Trinajstić information content (AvgIpc) is 2.74. The predicted octanol–water partition coefficient (Wildman–Crippen LogP) is 0.642.